The summed E-state index contributed by atoms with van der Waals surface area (Å²) in [6.07, 6.45) is 0.561. The Labute approximate surface area is 107 Å². The van der Waals surface area contributed by atoms with Crippen molar-refractivity contribution in [3.63, 3.8) is 0 Å². The van der Waals surface area contributed by atoms with E-state index in [2.05, 4.69) is 53.4 Å². The van der Waals surface area contributed by atoms with E-state index in [1.807, 2.05) is 12.1 Å². The zero-order valence-corrected chi connectivity index (χ0v) is 10.2. The fourth-order valence-corrected chi connectivity index (χ4v) is 2.54. The van der Waals surface area contributed by atoms with Gasteiger partial charge in [-0.15, -0.1) is 0 Å². The van der Waals surface area contributed by atoms with Crippen LogP contribution in [0.4, 0.5) is 0 Å². The standard InChI is InChI=1S/C16H17NO/c18-15-11-12-17(15)16(13-7-3-1-4-8-13)14-9-5-2-6-10-14/h1-10,15-16,18H,11-12H2. The molecule has 18 heavy (non-hydrogen) atoms. The second kappa shape index (κ2) is 4.92. The smallest absolute Gasteiger partial charge is 0.109 e. The topological polar surface area (TPSA) is 23.5 Å². The Morgan fingerprint density at radius 1 is 0.889 bits per heavy atom. The highest BCUT2D eigenvalue weighted by Crippen LogP contribution is 2.34. The third-order valence-electron chi connectivity index (χ3n) is 3.59. The van der Waals surface area contributed by atoms with E-state index in [0.29, 0.717) is 0 Å². The molecule has 0 radical (unpaired) electrons. The van der Waals surface area contributed by atoms with Crippen LogP contribution in [0.25, 0.3) is 0 Å². The molecule has 1 unspecified atom stereocenters. The average Bonchev–Trinajstić information content (AvgIpc) is 2.45. The number of hydrogen-bond donors (Lipinski definition) is 1. The Morgan fingerprint density at radius 2 is 1.39 bits per heavy atom. The lowest BCUT2D eigenvalue weighted by molar-refractivity contribution is -0.0921. The molecule has 1 fully saturated rings. The van der Waals surface area contributed by atoms with E-state index in [9.17, 15) is 5.11 Å². The molecule has 2 heteroatoms. The van der Waals surface area contributed by atoms with Gasteiger partial charge < -0.3 is 5.11 Å². The van der Waals surface area contributed by atoms with Crippen molar-refractivity contribution in [2.45, 2.75) is 18.7 Å². The van der Waals surface area contributed by atoms with Gasteiger partial charge >= 0.3 is 0 Å². The number of likely N-dealkylation sites (tertiary alicyclic amines) is 1. The summed E-state index contributed by atoms with van der Waals surface area (Å²) < 4.78 is 0. The van der Waals surface area contributed by atoms with E-state index in [4.69, 9.17) is 0 Å². The largest absolute Gasteiger partial charge is 0.378 e. The van der Waals surface area contributed by atoms with E-state index < -0.39 is 0 Å². The minimum atomic E-state index is -0.310. The Bertz CT molecular complexity index is 458. The van der Waals surface area contributed by atoms with Gasteiger partial charge in [0.25, 0.3) is 0 Å². The Balaban J connectivity index is 1.99. The fourth-order valence-electron chi connectivity index (χ4n) is 2.54. The second-order valence-electron chi connectivity index (χ2n) is 4.73. The highest BCUT2D eigenvalue weighted by molar-refractivity contribution is 5.32. The van der Waals surface area contributed by atoms with Gasteiger partial charge in [0.15, 0.2) is 0 Å². The van der Waals surface area contributed by atoms with Crippen LogP contribution in [-0.4, -0.2) is 22.8 Å². The number of benzene rings is 2. The molecule has 1 atom stereocenters. The highest BCUT2D eigenvalue weighted by Gasteiger charge is 2.33. The summed E-state index contributed by atoms with van der Waals surface area (Å²) in [7, 11) is 0. The SMILES string of the molecule is OC1CCN1C(c1ccccc1)c1ccccc1. The molecule has 3 rings (SSSR count). The molecule has 0 spiro atoms. The lowest BCUT2D eigenvalue weighted by atomic mass is 9.94. The van der Waals surface area contributed by atoms with Gasteiger partial charge in [-0.2, -0.15) is 0 Å². The Morgan fingerprint density at radius 3 is 1.72 bits per heavy atom. The first-order valence-electron chi connectivity index (χ1n) is 6.40. The van der Waals surface area contributed by atoms with E-state index in [-0.39, 0.29) is 12.3 Å². The van der Waals surface area contributed by atoms with Crippen LogP contribution in [0.15, 0.2) is 60.7 Å². The number of nitrogens with zero attached hydrogens (tertiary/aromatic N) is 1. The maximum atomic E-state index is 9.93. The Kier molecular flexibility index (Phi) is 3.13. The molecule has 1 N–H and O–H groups in total. The molecule has 1 aliphatic heterocycles. The molecule has 0 aromatic heterocycles. The summed E-state index contributed by atoms with van der Waals surface area (Å²) in [5.41, 5.74) is 2.48. The molecule has 0 aliphatic carbocycles. The van der Waals surface area contributed by atoms with Gasteiger partial charge in [0, 0.05) is 6.54 Å². The molecule has 1 saturated heterocycles. The maximum Gasteiger partial charge on any atom is 0.109 e. The number of rotatable bonds is 3. The zero-order valence-electron chi connectivity index (χ0n) is 10.2. The van der Waals surface area contributed by atoms with Gasteiger partial charge in [-0.25, -0.2) is 0 Å². The maximum absolute atomic E-state index is 9.93. The first-order valence-corrected chi connectivity index (χ1v) is 6.40. The molecule has 0 bridgehead atoms. The molecule has 0 amide bonds. The first-order chi connectivity index (χ1) is 8.86. The minimum absolute atomic E-state index is 0.163. The average molecular weight is 239 g/mol. The molecule has 92 valence electrons. The monoisotopic (exact) mass is 239 g/mol. The summed E-state index contributed by atoms with van der Waals surface area (Å²) in [6.45, 7) is 0.954. The van der Waals surface area contributed by atoms with Crippen LogP contribution in [0.5, 0.6) is 0 Å². The van der Waals surface area contributed by atoms with Gasteiger partial charge in [0.05, 0.1) is 6.04 Å². The summed E-state index contributed by atoms with van der Waals surface area (Å²) >= 11 is 0. The van der Waals surface area contributed by atoms with Crippen molar-refractivity contribution < 1.29 is 5.11 Å². The van der Waals surface area contributed by atoms with Crippen molar-refractivity contribution in [2.75, 3.05) is 6.54 Å². The van der Waals surface area contributed by atoms with Gasteiger partial charge in [0.1, 0.15) is 6.23 Å². The summed E-state index contributed by atoms with van der Waals surface area (Å²) in [6, 6.07) is 20.9. The summed E-state index contributed by atoms with van der Waals surface area (Å²) in [5, 5.41) is 9.93. The third kappa shape index (κ3) is 2.05. The molecule has 2 aromatic rings. The molecular formula is C16H17NO. The van der Waals surface area contributed by atoms with E-state index >= 15 is 0 Å². The lowest BCUT2D eigenvalue weighted by Gasteiger charge is -2.43. The normalized spacial score (nSPS) is 19.8. The molecule has 1 aliphatic rings. The zero-order chi connectivity index (χ0) is 12.4. The van der Waals surface area contributed by atoms with Gasteiger partial charge in [-0.3, -0.25) is 4.90 Å². The molecule has 1 heterocycles. The van der Waals surface area contributed by atoms with Crippen molar-refractivity contribution in [3.05, 3.63) is 71.8 Å². The van der Waals surface area contributed by atoms with Crippen LogP contribution in [-0.2, 0) is 0 Å². The number of hydrogen-bond acceptors (Lipinski definition) is 2. The van der Waals surface area contributed by atoms with Gasteiger partial charge in [0.2, 0.25) is 0 Å². The van der Waals surface area contributed by atoms with E-state index in [1.54, 1.807) is 0 Å². The second-order valence-corrected chi connectivity index (χ2v) is 4.73. The van der Waals surface area contributed by atoms with Crippen molar-refractivity contribution in [1.29, 1.82) is 0 Å². The predicted octanol–water partition coefficient (Wildman–Crippen LogP) is 2.80. The van der Waals surface area contributed by atoms with Crippen LogP contribution in [0.2, 0.25) is 0 Å². The summed E-state index contributed by atoms with van der Waals surface area (Å²) in [5.74, 6) is 0. The minimum Gasteiger partial charge on any atom is -0.378 e. The van der Waals surface area contributed by atoms with Crippen LogP contribution >= 0.6 is 0 Å². The van der Waals surface area contributed by atoms with Crippen molar-refractivity contribution >= 4 is 0 Å². The lowest BCUT2D eigenvalue weighted by Crippen LogP contribution is -2.49. The highest BCUT2D eigenvalue weighted by atomic mass is 16.3. The molecule has 0 saturated carbocycles. The van der Waals surface area contributed by atoms with Crippen molar-refractivity contribution in [2.24, 2.45) is 0 Å². The first kappa shape index (κ1) is 11.5. The fraction of sp³-hybridized carbons (Fsp3) is 0.250. The van der Waals surface area contributed by atoms with Crippen molar-refractivity contribution in [1.82, 2.24) is 4.90 Å². The van der Waals surface area contributed by atoms with Gasteiger partial charge in [-0.1, -0.05) is 60.7 Å². The van der Waals surface area contributed by atoms with E-state index in [0.717, 1.165) is 13.0 Å². The number of aliphatic hydroxyl groups is 1. The molecular weight excluding hydrogens is 222 g/mol. The van der Waals surface area contributed by atoms with Gasteiger partial charge in [-0.05, 0) is 17.5 Å². The summed E-state index contributed by atoms with van der Waals surface area (Å²) in [4.78, 5) is 2.14. The quantitative estimate of drug-likeness (QED) is 0.890. The molecule has 2 nitrogen and oxygen atoms in total. The predicted molar refractivity (Wildman–Crippen MR) is 72.1 cm³/mol. The molecule has 2 aromatic carbocycles. The Hall–Kier alpha value is -1.64. The van der Waals surface area contributed by atoms with Crippen molar-refractivity contribution in [3.8, 4) is 0 Å². The third-order valence-corrected chi connectivity index (χ3v) is 3.59. The van der Waals surface area contributed by atoms with E-state index in [1.165, 1.54) is 11.1 Å². The van der Waals surface area contributed by atoms with Crippen LogP contribution in [0.3, 0.4) is 0 Å². The van der Waals surface area contributed by atoms with Crippen LogP contribution in [0.1, 0.15) is 23.6 Å². The van der Waals surface area contributed by atoms with Crippen LogP contribution in [0, 0.1) is 0 Å². The van der Waals surface area contributed by atoms with Crippen LogP contribution < -0.4 is 0 Å². The number of aliphatic hydroxyl groups excluding tert-OH is 1.